The normalized spacial score (nSPS) is 34.6. The third-order valence-corrected chi connectivity index (χ3v) is 2.12. The molecule has 0 aromatic rings. The van der Waals surface area contributed by atoms with Crippen molar-refractivity contribution in [1.82, 2.24) is 5.32 Å². The quantitative estimate of drug-likeness (QED) is 0.509. The Labute approximate surface area is 64.4 Å². The van der Waals surface area contributed by atoms with Gasteiger partial charge in [-0.1, -0.05) is 18.2 Å². The number of aliphatic hydroxyl groups is 1. The van der Waals surface area contributed by atoms with Crippen LogP contribution in [0.5, 0.6) is 0 Å². The minimum Gasteiger partial charge on any atom is -0.373 e. The Bertz CT molecular complexity index is 255. The maximum Gasteiger partial charge on any atom is 0.249 e. The van der Waals surface area contributed by atoms with E-state index in [1.54, 1.807) is 6.08 Å². The van der Waals surface area contributed by atoms with Crippen LogP contribution in [0.2, 0.25) is 0 Å². The van der Waals surface area contributed by atoms with E-state index in [9.17, 15) is 9.90 Å². The lowest BCUT2D eigenvalue weighted by molar-refractivity contribution is -0.117. The second kappa shape index (κ2) is 2.20. The van der Waals surface area contributed by atoms with Crippen molar-refractivity contribution < 1.29 is 9.90 Å². The predicted octanol–water partition coefficient (Wildman–Crippen LogP) is -0.0629. The number of hydrogen-bond donors (Lipinski definition) is 2. The van der Waals surface area contributed by atoms with E-state index in [1.807, 2.05) is 12.2 Å². The Morgan fingerprint density at radius 1 is 1.64 bits per heavy atom. The molecule has 11 heavy (non-hydrogen) atoms. The molecule has 58 valence electrons. The van der Waals surface area contributed by atoms with E-state index >= 15 is 0 Å². The molecule has 2 aliphatic rings. The highest BCUT2D eigenvalue weighted by Crippen LogP contribution is 2.27. The van der Waals surface area contributed by atoms with Crippen molar-refractivity contribution >= 4 is 5.91 Å². The molecule has 1 fully saturated rings. The fourth-order valence-electron chi connectivity index (χ4n) is 1.51. The number of rotatable bonds is 0. The molecular weight excluding hydrogens is 142 g/mol. The van der Waals surface area contributed by atoms with Gasteiger partial charge in [0.1, 0.15) is 6.23 Å². The number of nitrogens with one attached hydrogen (secondary N) is 1. The molecule has 0 aromatic heterocycles. The highest BCUT2D eigenvalue weighted by atomic mass is 16.3. The van der Waals surface area contributed by atoms with Crippen molar-refractivity contribution in [2.45, 2.75) is 12.6 Å². The first-order valence-electron chi connectivity index (χ1n) is 3.64. The molecule has 2 atom stereocenters. The Morgan fingerprint density at radius 3 is 3.18 bits per heavy atom. The van der Waals surface area contributed by atoms with Crippen LogP contribution in [0, 0.1) is 5.92 Å². The molecule has 0 bridgehead atoms. The molecule has 1 amide bonds. The number of carbonyl (C=O) groups is 1. The van der Waals surface area contributed by atoms with E-state index in [0.29, 0.717) is 5.57 Å². The van der Waals surface area contributed by atoms with Crippen LogP contribution in [-0.2, 0) is 4.79 Å². The van der Waals surface area contributed by atoms with Crippen LogP contribution in [0.15, 0.2) is 23.8 Å². The van der Waals surface area contributed by atoms with Crippen molar-refractivity contribution in [3.8, 4) is 0 Å². The molecule has 2 N–H and O–H groups in total. The minimum absolute atomic E-state index is 0.0208. The third kappa shape index (κ3) is 0.886. The smallest absolute Gasteiger partial charge is 0.249 e. The zero-order chi connectivity index (χ0) is 7.84. The van der Waals surface area contributed by atoms with Crippen LogP contribution in [0.4, 0.5) is 0 Å². The summed E-state index contributed by atoms with van der Waals surface area (Å²) >= 11 is 0. The second-order valence-electron chi connectivity index (χ2n) is 2.81. The van der Waals surface area contributed by atoms with Crippen LogP contribution in [-0.4, -0.2) is 17.2 Å². The maximum atomic E-state index is 11.0. The highest BCUT2D eigenvalue weighted by molar-refractivity contribution is 5.97. The fraction of sp³-hybridized carbons (Fsp3) is 0.375. The average Bonchev–Trinajstić information content (AvgIpc) is 2.30. The first-order valence-corrected chi connectivity index (χ1v) is 3.64. The summed E-state index contributed by atoms with van der Waals surface area (Å²) in [4.78, 5) is 11.0. The average molecular weight is 151 g/mol. The van der Waals surface area contributed by atoms with Crippen molar-refractivity contribution in [1.29, 1.82) is 0 Å². The van der Waals surface area contributed by atoms with Crippen molar-refractivity contribution in [2.75, 3.05) is 0 Å². The van der Waals surface area contributed by atoms with E-state index in [0.717, 1.165) is 6.42 Å². The molecule has 0 radical (unpaired) electrons. The van der Waals surface area contributed by atoms with Gasteiger partial charge < -0.3 is 10.4 Å². The maximum absolute atomic E-state index is 11.0. The molecule has 0 saturated carbocycles. The topological polar surface area (TPSA) is 49.3 Å². The molecule has 1 aliphatic heterocycles. The summed E-state index contributed by atoms with van der Waals surface area (Å²) in [6.45, 7) is 0. The standard InChI is InChI=1S/C8H9NO2/c10-7-5-3-1-2-4-6(5)8(11)9-7/h1-3,6,8,11H,4H2,(H,9,10). The molecule has 3 heteroatoms. The minimum atomic E-state index is -0.682. The first kappa shape index (κ1) is 6.61. The van der Waals surface area contributed by atoms with Crippen LogP contribution >= 0.6 is 0 Å². The first-order chi connectivity index (χ1) is 5.29. The Morgan fingerprint density at radius 2 is 2.45 bits per heavy atom. The number of hydrogen-bond acceptors (Lipinski definition) is 2. The fourth-order valence-corrected chi connectivity index (χ4v) is 1.51. The largest absolute Gasteiger partial charge is 0.373 e. The Balaban J connectivity index is 2.34. The van der Waals surface area contributed by atoms with Crippen LogP contribution in [0.1, 0.15) is 6.42 Å². The SMILES string of the molecule is O=C1NC(O)C2CC=CC=C12. The lowest BCUT2D eigenvalue weighted by atomic mass is 9.93. The number of carbonyl (C=O) groups excluding carboxylic acids is 1. The van der Waals surface area contributed by atoms with E-state index < -0.39 is 6.23 Å². The van der Waals surface area contributed by atoms with E-state index in [2.05, 4.69) is 5.32 Å². The van der Waals surface area contributed by atoms with Gasteiger partial charge in [-0.05, 0) is 6.42 Å². The third-order valence-electron chi connectivity index (χ3n) is 2.12. The summed E-state index contributed by atoms with van der Waals surface area (Å²) in [6.07, 6.45) is 5.64. The van der Waals surface area contributed by atoms with Gasteiger partial charge in [-0.3, -0.25) is 4.79 Å². The van der Waals surface area contributed by atoms with Gasteiger partial charge >= 0.3 is 0 Å². The van der Waals surface area contributed by atoms with Gasteiger partial charge in [-0.2, -0.15) is 0 Å². The van der Waals surface area contributed by atoms with Crippen LogP contribution in [0.3, 0.4) is 0 Å². The summed E-state index contributed by atoms with van der Waals surface area (Å²) in [7, 11) is 0. The molecule has 0 aromatic carbocycles. The Kier molecular flexibility index (Phi) is 1.32. The Hall–Kier alpha value is -1.09. The molecule has 2 rings (SSSR count). The highest BCUT2D eigenvalue weighted by Gasteiger charge is 2.35. The molecule has 1 heterocycles. The van der Waals surface area contributed by atoms with Crippen LogP contribution < -0.4 is 5.32 Å². The summed E-state index contributed by atoms with van der Waals surface area (Å²) in [5.41, 5.74) is 0.708. The zero-order valence-electron chi connectivity index (χ0n) is 5.95. The summed E-state index contributed by atoms with van der Waals surface area (Å²) in [5.74, 6) is -0.153. The van der Waals surface area contributed by atoms with Gasteiger partial charge in [-0.25, -0.2) is 0 Å². The van der Waals surface area contributed by atoms with E-state index in [-0.39, 0.29) is 11.8 Å². The van der Waals surface area contributed by atoms with E-state index in [4.69, 9.17) is 0 Å². The summed E-state index contributed by atoms with van der Waals surface area (Å²) < 4.78 is 0. The molecule has 0 spiro atoms. The van der Waals surface area contributed by atoms with Gasteiger partial charge in [0, 0.05) is 11.5 Å². The van der Waals surface area contributed by atoms with Gasteiger partial charge in [0.2, 0.25) is 5.91 Å². The zero-order valence-corrected chi connectivity index (χ0v) is 5.95. The predicted molar refractivity (Wildman–Crippen MR) is 39.5 cm³/mol. The van der Waals surface area contributed by atoms with Crippen molar-refractivity contribution in [3.05, 3.63) is 23.8 Å². The van der Waals surface area contributed by atoms with Crippen molar-refractivity contribution in [3.63, 3.8) is 0 Å². The van der Waals surface area contributed by atoms with Crippen LogP contribution in [0.25, 0.3) is 0 Å². The summed E-state index contributed by atoms with van der Waals surface area (Å²) in [5, 5.41) is 11.8. The van der Waals surface area contributed by atoms with Gasteiger partial charge in [-0.15, -0.1) is 0 Å². The van der Waals surface area contributed by atoms with Gasteiger partial charge in [0.15, 0.2) is 0 Å². The van der Waals surface area contributed by atoms with Crippen molar-refractivity contribution in [2.24, 2.45) is 5.92 Å². The number of amides is 1. The summed E-state index contributed by atoms with van der Waals surface area (Å²) in [6, 6.07) is 0. The number of allylic oxidation sites excluding steroid dienone is 3. The lowest BCUT2D eigenvalue weighted by Gasteiger charge is -2.13. The van der Waals surface area contributed by atoms with Gasteiger partial charge in [0.05, 0.1) is 0 Å². The molecule has 3 nitrogen and oxygen atoms in total. The molecule has 1 aliphatic carbocycles. The molecular formula is C8H9NO2. The lowest BCUT2D eigenvalue weighted by Crippen LogP contribution is -2.27. The number of aliphatic hydroxyl groups excluding tert-OH is 1. The van der Waals surface area contributed by atoms with Gasteiger partial charge in [0.25, 0.3) is 0 Å². The molecule has 1 saturated heterocycles. The number of fused-ring (bicyclic) bond motifs is 1. The molecule has 2 unspecified atom stereocenters. The second-order valence-corrected chi connectivity index (χ2v) is 2.81. The monoisotopic (exact) mass is 151 g/mol. The van der Waals surface area contributed by atoms with E-state index in [1.165, 1.54) is 0 Å².